The van der Waals surface area contributed by atoms with E-state index in [2.05, 4.69) is 5.10 Å². The molecule has 0 unspecified atom stereocenters. The molecule has 1 N–H and O–H groups in total. The molecule has 0 spiro atoms. The number of aromatic carboxylic acids is 1. The average Bonchev–Trinajstić information content (AvgIpc) is 2.76. The van der Waals surface area contributed by atoms with E-state index in [1.54, 1.807) is 0 Å². The lowest BCUT2D eigenvalue weighted by Crippen LogP contribution is -2.03. The van der Waals surface area contributed by atoms with Crippen LogP contribution in [0.4, 0.5) is 0 Å². The number of carboxylic acids is 1. The molecule has 0 aliphatic heterocycles. The largest absolute Gasteiger partial charge is 0.476 e. The highest BCUT2D eigenvalue weighted by atomic mass is 16.4. The van der Waals surface area contributed by atoms with Gasteiger partial charge in [0.05, 0.1) is 11.3 Å². The number of nitrogens with zero attached hydrogens (tertiary/aromatic N) is 2. The lowest BCUT2D eigenvalue weighted by molar-refractivity contribution is 0.0687. The predicted molar refractivity (Wildman–Crippen MR) is 65.4 cm³/mol. The molecule has 5 nitrogen and oxygen atoms in total. The highest BCUT2D eigenvalue weighted by Crippen LogP contribution is 2.18. The summed E-state index contributed by atoms with van der Waals surface area (Å²) in [6.07, 6.45) is 1.93. The summed E-state index contributed by atoms with van der Waals surface area (Å²) in [6, 6.07) is 5.65. The Kier molecular flexibility index (Phi) is 2.97. The normalized spacial score (nSPS) is 10.3. The Bertz CT molecular complexity index is 629. The van der Waals surface area contributed by atoms with Crippen molar-refractivity contribution in [1.29, 1.82) is 0 Å². The molecule has 2 aromatic rings. The van der Waals surface area contributed by atoms with Gasteiger partial charge in [0.1, 0.15) is 0 Å². The summed E-state index contributed by atoms with van der Waals surface area (Å²) < 4.78 is 1.43. The summed E-state index contributed by atoms with van der Waals surface area (Å²) in [5.74, 6) is -1.21. The van der Waals surface area contributed by atoms with Gasteiger partial charge in [0.2, 0.25) is 0 Å². The molecule has 0 aliphatic carbocycles. The molecule has 0 saturated heterocycles. The third kappa shape index (κ3) is 1.90. The molecule has 0 fully saturated rings. The molecule has 0 amide bonds. The average molecular weight is 244 g/mol. The van der Waals surface area contributed by atoms with Gasteiger partial charge < -0.3 is 5.11 Å². The first kappa shape index (κ1) is 12.0. The number of carbonyl (C=O) groups is 2. The van der Waals surface area contributed by atoms with Gasteiger partial charge in [-0.3, -0.25) is 4.79 Å². The Labute approximate surface area is 104 Å². The van der Waals surface area contributed by atoms with E-state index >= 15 is 0 Å². The topological polar surface area (TPSA) is 72.2 Å². The number of benzene rings is 1. The third-order valence-electron chi connectivity index (χ3n) is 2.89. The SMILES string of the molecule is Cc1cccc(-n2cc(C=O)c(C(=O)O)n2)c1C. The van der Waals surface area contributed by atoms with Crippen molar-refractivity contribution >= 4 is 12.3 Å². The number of aromatic nitrogens is 2. The highest BCUT2D eigenvalue weighted by molar-refractivity contribution is 5.95. The summed E-state index contributed by atoms with van der Waals surface area (Å²) in [6.45, 7) is 3.88. The van der Waals surface area contributed by atoms with Crippen LogP contribution in [-0.2, 0) is 0 Å². The van der Waals surface area contributed by atoms with Crippen LogP contribution in [0.5, 0.6) is 0 Å². The fourth-order valence-corrected chi connectivity index (χ4v) is 1.75. The van der Waals surface area contributed by atoms with Crippen LogP contribution in [0.2, 0.25) is 0 Å². The van der Waals surface area contributed by atoms with Crippen molar-refractivity contribution in [3.05, 3.63) is 46.8 Å². The molecule has 2 rings (SSSR count). The van der Waals surface area contributed by atoms with E-state index in [4.69, 9.17) is 5.11 Å². The first-order valence-electron chi connectivity index (χ1n) is 5.39. The fraction of sp³-hybridized carbons (Fsp3) is 0.154. The predicted octanol–water partition coefficient (Wildman–Crippen LogP) is 2.00. The molecular formula is C13H12N2O3. The molecule has 5 heteroatoms. The van der Waals surface area contributed by atoms with Crippen LogP contribution in [0.1, 0.15) is 32.0 Å². The summed E-state index contributed by atoms with van der Waals surface area (Å²) in [5, 5.41) is 12.9. The zero-order valence-electron chi connectivity index (χ0n) is 10.0. The van der Waals surface area contributed by atoms with Gasteiger partial charge in [-0.05, 0) is 31.0 Å². The summed E-state index contributed by atoms with van der Waals surface area (Å²) in [7, 11) is 0. The number of carbonyl (C=O) groups excluding carboxylic acids is 1. The Morgan fingerprint density at radius 2 is 2.11 bits per heavy atom. The first-order valence-corrected chi connectivity index (χ1v) is 5.39. The van der Waals surface area contributed by atoms with Gasteiger partial charge in [-0.25, -0.2) is 9.48 Å². The van der Waals surface area contributed by atoms with Crippen LogP contribution >= 0.6 is 0 Å². The first-order chi connectivity index (χ1) is 8.54. The van der Waals surface area contributed by atoms with Crippen molar-refractivity contribution in [3.63, 3.8) is 0 Å². The molecule has 92 valence electrons. The van der Waals surface area contributed by atoms with E-state index in [1.165, 1.54) is 10.9 Å². The Morgan fingerprint density at radius 1 is 1.39 bits per heavy atom. The van der Waals surface area contributed by atoms with Gasteiger partial charge in [-0.15, -0.1) is 0 Å². The van der Waals surface area contributed by atoms with Crippen LogP contribution in [0, 0.1) is 13.8 Å². The molecule has 1 aromatic heterocycles. The zero-order chi connectivity index (χ0) is 13.3. The van der Waals surface area contributed by atoms with E-state index in [0.29, 0.717) is 6.29 Å². The van der Waals surface area contributed by atoms with Crippen molar-refractivity contribution in [2.24, 2.45) is 0 Å². The molecule has 0 atom stereocenters. The summed E-state index contributed by atoms with van der Waals surface area (Å²) in [4.78, 5) is 21.8. The van der Waals surface area contributed by atoms with Crippen molar-refractivity contribution in [1.82, 2.24) is 9.78 Å². The molecule has 0 aliphatic rings. The maximum absolute atomic E-state index is 10.9. The van der Waals surface area contributed by atoms with Crippen LogP contribution in [0.15, 0.2) is 24.4 Å². The van der Waals surface area contributed by atoms with Crippen LogP contribution < -0.4 is 0 Å². The monoisotopic (exact) mass is 244 g/mol. The number of aldehydes is 1. The summed E-state index contributed by atoms with van der Waals surface area (Å²) in [5.41, 5.74) is 2.68. The second kappa shape index (κ2) is 4.44. The standard InChI is InChI=1S/C13H12N2O3/c1-8-4-3-5-11(9(8)2)15-6-10(7-16)12(14-15)13(17)18/h3-7H,1-2H3,(H,17,18). The quantitative estimate of drug-likeness (QED) is 0.838. The summed E-state index contributed by atoms with van der Waals surface area (Å²) >= 11 is 0. The van der Waals surface area contributed by atoms with Crippen LogP contribution in [-0.4, -0.2) is 27.1 Å². The maximum Gasteiger partial charge on any atom is 0.357 e. The highest BCUT2D eigenvalue weighted by Gasteiger charge is 2.16. The van der Waals surface area contributed by atoms with Crippen LogP contribution in [0.25, 0.3) is 5.69 Å². The Balaban J connectivity index is 2.62. The zero-order valence-corrected chi connectivity index (χ0v) is 10.0. The Hall–Kier alpha value is -2.43. The van der Waals surface area contributed by atoms with Gasteiger partial charge in [-0.1, -0.05) is 12.1 Å². The smallest absolute Gasteiger partial charge is 0.357 e. The minimum Gasteiger partial charge on any atom is -0.476 e. The van der Waals surface area contributed by atoms with E-state index in [9.17, 15) is 9.59 Å². The number of hydrogen-bond donors (Lipinski definition) is 1. The van der Waals surface area contributed by atoms with Gasteiger partial charge >= 0.3 is 5.97 Å². The van der Waals surface area contributed by atoms with Gasteiger partial charge in [-0.2, -0.15) is 5.10 Å². The molecule has 0 bridgehead atoms. The molecule has 0 radical (unpaired) electrons. The molecule has 1 aromatic carbocycles. The number of rotatable bonds is 3. The second-order valence-corrected chi connectivity index (χ2v) is 4.02. The lowest BCUT2D eigenvalue weighted by atomic mass is 10.1. The van der Waals surface area contributed by atoms with E-state index in [-0.39, 0.29) is 11.3 Å². The molecule has 1 heterocycles. The van der Waals surface area contributed by atoms with Crippen molar-refractivity contribution in [3.8, 4) is 5.69 Å². The van der Waals surface area contributed by atoms with Crippen molar-refractivity contribution in [2.75, 3.05) is 0 Å². The number of aryl methyl sites for hydroxylation is 1. The number of hydrogen-bond acceptors (Lipinski definition) is 3. The number of carboxylic acid groups (broad SMARTS) is 1. The van der Waals surface area contributed by atoms with Crippen molar-refractivity contribution < 1.29 is 14.7 Å². The van der Waals surface area contributed by atoms with Crippen LogP contribution in [0.3, 0.4) is 0 Å². The van der Waals surface area contributed by atoms with Gasteiger partial charge in [0.25, 0.3) is 0 Å². The minimum atomic E-state index is -1.21. The van der Waals surface area contributed by atoms with Gasteiger partial charge in [0.15, 0.2) is 12.0 Å². The van der Waals surface area contributed by atoms with E-state index < -0.39 is 5.97 Å². The molecule has 18 heavy (non-hydrogen) atoms. The van der Waals surface area contributed by atoms with E-state index in [1.807, 2.05) is 32.0 Å². The van der Waals surface area contributed by atoms with E-state index in [0.717, 1.165) is 16.8 Å². The third-order valence-corrected chi connectivity index (χ3v) is 2.89. The Morgan fingerprint density at radius 3 is 2.67 bits per heavy atom. The molecular weight excluding hydrogens is 232 g/mol. The molecule has 0 saturated carbocycles. The maximum atomic E-state index is 10.9. The van der Waals surface area contributed by atoms with Crippen molar-refractivity contribution in [2.45, 2.75) is 13.8 Å². The second-order valence-electron chi connectivity index (χ2n) is 4.02. The minimum absolute atomic E-state index is 0.0726. The van der Waals surface area contributed by atoms with Gasteiger partial charge in [0, 0.05) is 6.20 Å². The fourth-order valence-electron chi connectivity index (χ4n) is 1.75. The lowest BCUT2D eigenvalue weighted by Gasteiger charge is -2.07.